The number of likely N-dealkylation sites (N-methyl/N-ethyl adjacent to an activating group) is 1. The lowest BCUT2D eigenvalue weighted by atomic mass is 10.1. The molecule has 2 aromatic heterocycles. The maximum atomic E-state index is 12.4. The number of ether oxygens (including phenoxy) is 1. The summed E-state index contributed by atoms with van der Waals surface area (Å²) >= 11 is 3.19. The van der Waals surface area contributed by atoms with Crippen LogP contribution in [0.4, 0.5) is 5.00 Å². The molecule has 0 bridgehead atoms. The molecule has 0 saturated heterocycles. The molecule has 7 heteroatoms. The van der Waals surface area contributed by atoms with Gasteiger partial charge in [-0.3, -0.25) is 4.79 Å². The molecule has 0 spiro atoms. The first-order chi connectivity index (χ1) is 12.1. The molecule has 3 rings (SSSR count). The van der Waals surface area contributed by atoms with Crippen molar-refractivity contribution < 1.29 is 19.2 Å². The van der Waals surface area contributed by atoms with Crippen LogP contribution in [0, 0.1) is 0 Å². The minimum absolute atomic E-state index is 0.0711. The zero-order valence-corrected chi connectivity index (χ0v) is 16.1. The number of quaternary nitrogens is 1. The minimum Gasteiger partial charge on any atom is -0.462 e. The van der Waals surface area contributed by atoms with Crippen molar-refractivity contribution >= 4 is 39.6 Å². The summed E-state index contributed by atoms with van der Waals surface area (Å²) in [5.41, 5.74) is 2.87. The normalized spacial score (nSPS) is 14.2. The van der Waals surface area contributed by atoms with Gasteiger partial charge in [-0.2, -0.15) is 11.3 Å². The highest BCUT2D eigenvalue weighted by Gasteiger charge is 2.28. The Balaban J connectivity index is 1.67. The second kappa shape index (κ2) is 8.12. The maximum absolute atomic E-state index is 12.4. The lowest BCUT2D eigenvalue weighted by Crippen LogP contribution is -3.08. The monoisotopic (exact) mass is 379 g/mol. The molecule has 134 valence electrons. The summed E-state index contributed by atoms with van der Waals surface area (Å²) < 4.78 is 5.20. The van der Waals surface area contributed by atoms with Crippen LogP contribution in [0.3, 0.4) is 0 Å². The Morgan fingerprint density at radius 2 is 2.20 bits per heavy atom. The Labute approximate surface area is 155 Å². The third-order valence-corrected chi connectivity index (χ3v) is 6.14. The number of nitrogens with one attached hydrogen (secondary N) is 2. The van der Waals surface area contributed by atoms with Gasteiger partial charge in [0.25, 0.3) is 5.91 Å². The van der Waals surface area contributed by atoms with Crippen LogP contribution >= 0.6 is 22.7 Å². The summed E-state index contributed by atoms with van der Waals surface area (Å²) in [7, 11) is 2.00. The quantitative estimate of drug-likeness (QED) is 0.725. The van der Waals surface area contributed by atoms with Gasteiger partial charge in [0.2, 0.25) is 0 Å². The van der Waals surface area contributed by atoms with Crippen LogP contribution in [-0.4, -0.2) is 32.1 Å². The van der Waals surface area contributed by atoms with E-state index in [1.165, 1.54) is 21.8 Å². The molecule has 0 aromatic carbocycles. The Morgan fingerprint density at radius 3 is 2.92 bits per heavy atom. The van der Waals surface area contributed by atoms with Crippen molar-refractivity contribution in [2.45, 2.75) is 32.7 Å². The van der Waals surface area contributed by atoms with Gasteiger partial charge < -0.3 is 15.0 Å². The Morgan fingerprint density at radius 1 is 1.36 bits per heavy atom. The fraction of sp³-hybridized carbons (Fsp3) is 0.444. The molecule has 1 unspecified atom stereocenters. The van der Waals surface area contributed by atoms with Gasteiger partial charge in [-0.15, -0.1) is 11.3 Å². The standard InChI is InChI=1S/C18H22N2O3S2/c1-3-23-18(22)16-13-5-4-6-14(13)25-17(16)19-15(21)10-20(2)9-12-7-8-24-11-12/h7-8,11H,3-6,9-10H2,1-2H3,(H,19,21)/p+1. The number of amides is 1. The van der Waals surface area contributed by atoms with Crippen molar-refractivity contribution in [3.63, 3.8) is 0 Å². The van der Waals surface area contributed by atoms with Crippen molar-refractivity contribution in [1.29, 1.82) is 0 Å². The van der Waals surface area contributed by atoms with Gasteiger partial charge in [0.1, 0.15) is 11.5 Å². The fourth-order valence-corrected chi connectivity index (χ4v) is 5.12. The molecule has 2 aromatic rings. The average molecular weight is 380 g/mol. The first kappa shape index (κ1) is 18.1. The van der Waals surface area contributed by atoms with E-state index in [0.29, 0.717) is 23.7 Å². The van der Waals surface area contributed by atoms with Gasteiger partial charge in [0, 0.05) is 10.4 Å². The summed E-state index contributed by atoms with van der Waals surface area (Å²) in [6.07, 6.45) is 2.93. The van der Waals surface area contributed by atoms with Crippen LogP contribution < -0.4 is 10.2 Å². The van der Waals surface area contributed by atoms with Crippen LogP contribution in [0.1, 0.15) is 39.7 Å². The average Bonchev–Trinajstić information content (AvgIpc) is 3.24. The maximum Gasteiger partial charge on any atom is 0.341 e. The van der Waals surface area contributed by atoms with E-state index in [-0.39, 0.29) is 11.9 Å². The van der Waals surface area contributed by atoms with Gasteiger partial charge in [-0.25, -0.2) is 4.79 Å². The lowest BCUT2D eigenvalue weighted by Gasteiger charge is -2.13. The second-order valence-electron chi connectivity index (χ2n) is 6.27. The minimum atomic E-state index is -0.323. The Kier molecular flexibility index (Phi) is 5.88. The molecule has 1 aliphatic carbocycles. The van der Waals surface area contributed by atoms with Crippen molar-refractivity contribution in [2.75, 3.05) is 25.5 Å². The van der Waals surface area contributed by atoms with Gasteiger partial charge in [0.15, 0.2) is 6.54 Å². The fourth-order valence-electron chi connectivity index (χ4n) is 3.16. The molecular formula is C18H23N2O3S2+. The third-order valence-electron chi connectivity index (χ3n) is 4.20. The first-order valence-electron chi connectivity index (χ1n) is 8.52. The van der Waals surface area contributed by atoms with E-state index in [9.17, 15) is 9.59 Å². The molecule has 5 nitrogen and oxygen atoms in total. The van der Waals surface area contributed by atoms with E-state index >= 15 is 0 Å². The van der Waals surface area contributed by atoms with E-state index in [2.05, 4.69) is 16.8 Å². The van der Waals surface area contributed by atoms with E-state index in [1.807, 2.05) is 12.4 Å². The molecule has 0 fully saturated rings. The van der Waals surface area contributed by atoms with Gasteiger partial charge in [-0.1, -0.05) is 0 Å². The first-order valence-corrected chi connectivity index (χ1v) is 10.3. The molecular weight excluding hydrogens is 356 g/mol. The summed E-state index contributed by atoms with van der Waals surface area (Å²) in [6.45, 7) is 3.30. The highest BCUT2D eigenvalue weighted by atomic mass is 32.1. The topological polar surface area (TPSA) is 59.8 Å². The number of hydrogen-bond acceptors (Lipinski definition) is 5. The number of thiophene rings is 2. The molecule has 0 aliphatic heterocycles. The number of esters is 1. The molecule has 2 N–H and O–H groups in total. The highest BCUT2D eigenvalue weighted by Crippen LogP contribution is 2.39. The van der Waals surface area contributed by atoms with E-state index in [0.717, 1.165) is 36.3 Å². The summed E-state index contributed by atoms with van der Waals surface area (Å²) in [5, 5.41) is 7.74. The molecule has 1 aliphatic rings. The predicted octanol–water partition coefficient (Wildman–Crippen LogP) is 2.13. The number of rotatable bonds is 7. The molecule has 0 radical (unpaired) electrons. The molecule has 1 atom stereocenters. The molecule has 2 heterocycles. The Hall–Kier alpha value is -1.70. The lowest BCUT2D eigenvalue weighted by molar-refractivity contribution is -0.885. The van der Waals surface area contributed by atoms with Crippen LogP contribution in [0.25, 0.3) is 0 Å². The van der Waals surface area contributed by atoms with Crippen molar-refractivity contribution in [1.82, 2.24) is 0 Å². The third kappa shape index (κ3) is 4.29. The van der Waals surface area contributed by atoms with Crippen molar-refractivity contribution in [3.05, 3.63) is 38.4 Å². The zero-order valence-electron chi connectivity index (χ0n) is 14.5. The van der Waals surface area contributed by atoms with E-state index < -0.39 is 0 Å². The zero-order chi connectivity index (χ0) is 17.8. The summed E-state index contributed by atoms with van der Waals surface area (Å²) in [5.74, 6) is -0.394. The van der Waals surface area contributed by atoms with Crippen LogP contribution in [0.2, 0.25) is 0 Å². The SMILES string of the molecule is CCOC(=O)c1c(NC(=O)C[NH+](C)Cc2ccsc2)sc2c1CCC2. The second-order valence-corrected chi connectivity index (χ2v) is 8.16. The summed E-state index contributed by atoms with van der Waals surface area (Å²) in [6, 6.07) is 2.08. The van der Waals surface area contributed by atoms with Crippen molar-refractivity contribution in [2.24, 2.45) is 0 Å². The highest BCUT2D eigenvalue weighted by molar-refractivity contribution is 7.17. The van der Waals surface area contributed by atoms with Crippen LogP contribution in [0.15, 0.2) is 16.8 Å². The molecule has 25 heavy (non-hydrogen) atoms. The number of aryl methyl sites for hydroxylation is 1. The Bertz CT molecular complexity index is 753. The molecule has 1 amide bonds. The smallest absolute Gasteiger partial charge is 0.341 e. The van der Waals surface area contributed by atoms with Crippen molar-refractivity contribution in [3.8, 4) is 0 Å². The number of carbonyl (C=O) groups excluding carboxylic acids is 2. The van der Waals surface area contributed by atoms with Gasteiger partial charge >= 0.3 is 5.97 Å². The largest absolute Gasteiger partial charge is 0.462 e. The summed E-state index contributed by atoms with van der Waals surface area (Å²) in [4.78, 5) is 27.1. The number of hydrogen-bond donors (Lipinski definition) is 2. The predicted molar refractivity (Wildman–Crippen MR) is 101 cm³/mol. The van der Waals surface area contributed by atoms with E-state index in [4.69, 9.17) is 4.74 Å². The number of anilines is 1. The number of fused-ring (bicyclic) bond motifs is 1. The number of carbonyl (C=O) groups is 2. The van der Waals surface area contributed by atoms with Gasteiger partial charge in [0.05, 0.1) is 19.2 Å². The van der Waals surface area contributed by atoms with Gasteiger partial charge in [-0.05, 0) is 48.6 Å². The molecule has 0 saturated carbocycles. The van der Waals surface area contributed by atoms with Crippen LogP contribution in [-0.2, 0) is 28.9 Å². The van der Waals surface area contributed by atoms with E-state index in [1.54, 1.807) is 18.3 Å². The van der Waals surface area contributed by atoms with Crippen LogP contribution in [0.5, 0.6) is 0 Å².